The molecule has 1 aromatic rings. The second-order valence-corrected chi connectivity index (χ2v) is 5.64. The van der Waals surface area contributed by atoms with E-state index in [-0.39, 0.29) is 0 Å². The summed E-state index contributed by atoms with van der Waals surface area (Å²) in [7, 11) is 0. The molecule has 1 aliphatic heterocycles. The summed E-state index contributed by atoms with van der Waals surface area (Å²) in [6.45, 7) is 6.65. The van der Waals surface area contributed by atoms with Crippen molar-refractivity contribution in [3.63, 3.8) is 0 Å². The Labute approximate surface area is 95.7 Å². The molecule has 0 aliphatic carbocycles. The van der Waals surface area contributed by atoms with Crippen molar-refractivity contribution in [3.8, 4) is 0 Å². The Kier molecular flexibility index (Phi) is 3.36. The molecule has 84 valence electrons. The Hall–Kier alpha value is -0.480. The highest BCUT2D eigenvalue weighted by atomic mass is 32.2. The number of nitrogens with one attached hydrogen (secondary N) is 1. The zero-order valence-electron chi connectivity index (χ0n) is 9.60. The van der Waals surface area contributed by atoms with Crippen molar-refractivity contribution >= 4 is 11.8 Å². The lowest BCUT2D eigenvalue weighted by Gasteiger charge is -2.29. The highest BCUT2D eigenvalue weighted by Crippen LogP contribution is 2.32. The van der Waals surface area contributed by atoms with Crippen LogP contribution in [0.15, 0.2) is 12.5 Å². The molecule has 1 saturated heterocycles. The van der Waals surface area contributed by atoms with E-state index in [0.717, 1.165) is 0 Å². The van der Waals surface area contributed by atoms with Gasteiger partial charge in [0.2, 0.25) is 0 Å². The highest BCUT2D eigenvalue weighted by Gasteiger charge is 2.23. The Morgan fingerprint density at radius 1 is 1.60 bits per heavy atom. The molecule has 1 fully saturated rings. The van der Waals surface area contributed by atoms with Gasteiger partial charge in [-0.2, -0.15) is 0 Å². The average molecular weight is 225 g/mol. The van der Waals surface area contributed by atoms with Crippen LogP contribution in [-0.2, 0) is 0 Å². The molecule has 0 spiro atoms. The van der Waals surface area contributed by atoms with E-state index < -0.39 is 0 Å². The van der Waals surface area contributed by atoms with E-state index in [0.29, 0.717) is 17.5 Å². The van der Waals surface area contributed by atoms with Gasteiger partial charge >= 0.3 is 0 Å². The zero-order valence-corrected chi connectivity index (χ0v) is 10.4. The van der Waals surface area contributed by atoms with Crippen LogP contribution in [-0.4, -0.2) is 21.3 Å². The lowest BCUT2D eigenvalue weighted by molar-refractivity contribution is 0.480. The Balaban J connectivity index is 2.17. The van der Waals surface area contributed by atoms with Crippen LogP contribution in [0.2, 0.25) is 0 Å². The number of rotatable bonds is 2. The second-order valence-electron chi connectivity index (χ2n) is 4.43. The van der Waals surface area contributed by atoms with Crippen molar-refractivity contribution in [2.24, 2.45) is 0 Å². The zero-order chi connectivity index (χ0) is 10.8. The molecule has 0 aromatic carbocycles. The molecule has 1 aromatic heterocycles. The minimum absolute atomic E-state index is 0.415. The molecule has 15 heavy (non-hydrogen) atoms. The summed E-state index contributed by atoms with van der Waals surface area (Å²) in [5.74, 6) is 1.24. The van der Waals surface area contributed by atoms with E-state index in [2.05, 4.69) is 35.6 Å². The molecule has 2 rings (SSSR count). The predicted octanol–water partition coefficient (Wildman–Crippen LogP) is 2.58. The third-order valence-electron chi connectivity index (χ3n) is 2.79. The first kappa shape index (κ1) is 11.0. The van der Waals surface area contributed by atoms with Gasteiger partial charge in [0, 0.05) is 12.1 Å². The van der Waals surface area contributed by atoms with Crippen molar-refractivity contribution in [3.05, 3.63) is 18.2 Å². The van der Waals surface area contributed by atoms with Crippen molar-refractivity contribution in [1.82, 2.24) is 14.9 Å². The summed E-state index contributed by atoms with van der Waals surface area (Å²) in [5, 5.41) is 4.03. The smallest absolute Gasteiger partial charge is 0.0960 e. The number of aromatic nitrogens is 2. The van der Waals surface area contributed by atoms with E-state index in [9.17, 15) is 0 Å². The normalized spacial score (nSPS) is 27.2. The fraction of sp³-hybridized carbons (Fsp3) is 0.727. The monoisotopic (exact) mass is 225 g/mol. The second kappa shape index (κ2) is 4.58. The van der Waals surface area contributed by atoms with Gasteiger partial charge in [-0.25, -0.2) is 4.98 Å². The van der Waals surface area contributed by atoms with E-state index >= 15 is 0 Å². The molecule has 1 N–H and O–H groups in total. The van der Waals surface area contributed by atoms with Crippen LogP contribution in [0.4, 0.5) is 0 Å². The number of thioether (sulfide) groups is 1. The maximum absolute atomic E-state index is 4.25. The molecular formula is C11H19N3S. The number of hydrogen-bond acceptors (Lipinski definition) is 3. The fourth-order valence-corrected chi connectivity index (χ4v) is 3.28. The van der Waals surface area contributed by atoms with Crippen molar-refractivity contribution in [2.45, 2.75) is 44.6 Å². The molecule has 2 unspecified atom stereocenters. The summed E-state index contributed by atoms with van der Waals surface area (Å²) in [5.41, 5.74) is 1.31. The van der Waals surface area contributed by atoms with Gasteiger partial charge in [-0.3, -0.25) is 5.32 Å². The standard InChI is InChI=1S/C11H19N3S/c1-8(2)14-7-12-6-10(14)11-13-9(3)4-5-15-11/h6-9,11,13H,4-5H2,1-3H3. The predicted molar refractivity (Wildman–Crippen MR) is 65.0 cm³/mol. The van der Waals surface area contributed by atoms with Gasteiger partial charge in [0.05, 0.1) is 23.6 Å². The van der Waals surface area contributed by atoms with Gasteiger partial charge in [0.25, 0.3) is 0 Å². The highest BCUT2D eigenvalue weighted by molar-refractivity contribution is 7.99. The van der Waals surface area contributed by atoms with Crippen LogP contribution in [0.25, 0.3) is 0 Å². The molecule has 0 radical (unpaired) electrons. The lowest BCUT2D eigenvalue weighted by atomic mass is 10.2. The van der Waals surface area contributed by atoms with Gasteiger partial charge in [0.1, 0.15) is 0 Å². The van der Waals surface area contributed by atoms with Crippen LogP contribution in [0.1, 0.15) is 44.3 Å². The van der Waals surface area contributed by atoms with Gasteiger partial charge in [-0.05, 0) is 32.9 Å². The first-order valence-electron chi connectivity index (χ1n) is 5.58. The van der Waals surface area contributed by atoms with E-state index in [1.807, 2.05) is 24.3 Å². The largest absolute Gasteiger partial charge is 0.330 e. The molecule has 1 aliphatic rings. The first-order valence-corrected chi connectivity index (χ1v) is 6.62. The fourth-order valence-electron chi connectivity index (χ4n) is 1.87. The third-order valence-corrected chi connectivity index (χ3v) is 3.97. The van der Waals surface area contributed by atoms with Gasteiger partial charge < -0.3 is 4.57 Å². The van der Waals surface area contributed by atoms with Crippen LogP contribution >= 0.6 is 11.8 Å². The van der Waals surface area contributed by atoms with E-state index in [1.165, 1.54) is 17.9 Å². The summed E-state index contributed by atoms with van der Waals surface area (Å²) in [6, 6.07) is 1.11. The molecule has 0 bridgehead atoms. The molecule has 2 atom stereocenters. The first-order chi connectivity index (χ1) is 7.18. The molecular weight excluding hydrogens is 206 g/mol. The summed E-state index contributed by atoms with van der Waals surface area (Å²) < 4.78 is 2.25. The average Bonchev–Trinajstić information content (AvgIpc) is 2.65. The summed E-state index contributed by atoms with van der Waals surface area (Å²) in [4.78, 5) is 4.25. The van der Waals surface area contributed by atoms with Crippen molar-refractivity contribution < 1.29 is 0 Å². The maximum atomic E-state index is 4.25. The van der Waals surface area contributed by atoms with Gasteiger partial charge in [-0.15, -0.1) is 11.8 Å². The van der Waals surface area contributed by atoms with Crippen LogP contribution in [0.5, 0.6) is 0 Å². The van der Waals surface area contributed by atoms with Crippen LogP contribution in [0.3, 0.4) is 0 Å². The quantitative estimate of drug-likeness (QED) is 0.839. The Morgan fingerprint density at radius 3 is 3.07 bits per heavy atom. The summed E-state index contributed by atoms with van der Waals surface area (Å²) in [6.07, 6.45) is 5.18. The van der Waals surface area contributed by atoms with Crippen molar-refractivity contribution in [1.29, 1.82) is 0 Å². The third kappa shape index (κ3) is 2.37. The topological polar surface area (TPSA) is 29.9 Å². The summed E-state index contributed by atoms with van der Waals surface area (Å²) >= 11 is 1.98. The number of imidazole rings is 1. The minimum Gasteiger partial charge on any atom is -0.330 e. The minimum atomic E-state index is 0.415. The molecule has 2 heterocycles. The van der Waals surface area contributed by atoms with Crippen LogP contribution < -0.4 is 5.32 Å². The lowest BCUT2D eigenvalue weighted by Crippen LogP contribution is -2.34. The Morgan fingerprint density at radius 2 is 2.40 bits per heavy atom. The number of hydrogen-bond donors (Lipinski definition) is 1. The molecule has 3 nitrogen and oxygen atoms in total. The Bertz CT molecular complexity index is 321. The van der Waals surface area contributed by atoms with Crippen molar-refractivity contribution in [2.75, 3.05) is 5.75 Å². The molecule has 0 amide bonds. The van der Waals surface area contributed by atoms with E-state index in [4.69, 9.17) is 0 Å². The van der Waals surface area contributed by atoms with Gasteiger partial charge in [0.15, 0.2) is 0 Å². The van der Waals surface area contributed by atoms with Crippen LogP contribution in [0, 0.1) is 0 Å². The molecule has 0 saturated carbocycles. The maximum Gasteiger partial charge on any atom is 0.0960 e. The molecule has 4 heteroatoms. The number of nitrogens with zero attached hydrogens (tertiary/aromatic N) is 2. The van der Waals surface area contributed by atoms with E-state index in [1.54, 1.807) is 0 Å². The van der Waals surface area contributed by atoms with Gasteiger partial charge in [-0.1, -0.05) is 0 Å². The SMILES string of the molecule is CC1CCSC(c2cncn2C(C)C)N1.